The van der Waals surface area contributed by atoms with Gasteiger partial charge in [-0.2, -0.15) is 0 Å². The van der Waals surface area contributed by atoms with Crippen LogP contribution in [0.3, 0.4) is 0 Å². The summed E-state index contributed by atoms with van der Waals surface area (Å²) >= 11 is 6.11. The van der Waals surface area contributed by atoms with Crippen LogP contribution in [-0.4, -0.2) is 30.6 Å². The molecule has 0 bridgehead atoms. The van der Waals surface area contributed by atoms with Crippen molar-refractivity contribution in [1.82, 2.24) is 4.90 Å². The van der Waals surface area contributed by atoms with Gasteiger partial charge in [0.2, 0.25) is 0 Å². The number of benzene rings is 1. The van der Waals surface area contributed by atoms with Crippen molar-refractivity contribution in [2.24, 2.45) is 5.73 Å². The van der Waals surface area contributed by atoms with Crippen LogP contribution in [0, 0.1) is 0 Å². The number of rotatable bonds is 5. The normalized spacial score (nSPS) is 23.1. The van der Waals surface area contributed by atoms with Gasteiger partial charge in [0, 0.05) is 29.2 Å². The number of nitrogens with zero attached hydrogens (tertiary/aromatic N) is 1. The Morgan fingerprint density at radius 1 is 1.30 bits per heavy atom. The van der Waals surface area contributed by atoms with Crippen molar-refractivity contribution in [2.75, 3.05) is 13.7 Å². The first kappa shape index (κ1) is 15.6. The van der Waals surface area contributed by atoms with E-state index in [1.54, 1.807) is 7.11 Å². The molecule has 112 valence electrons. The van der Waals surface area contributed by atoms with Gasteiger partial charge < -0.3 is 10.5 Å². The maximum Gasteiger partial charge on any atom is 0.123 e. The molecule has 20 heavy (non-hydrogen) atoms. The summed E-state index contributed by atoms with van der Waals surface area (Å²) in [4.78, 5) is 2.51. The van der Waals surface area contributed by atoms with Crippen molar-refractivity contribution >= 4 is 11.6 Å². The molecule has 0 amide bonds. The lowest BCUT2D eigenvalue weighted by Crippen LogP contribution is -2.40. The Hall–Kier alpha value is -0.770. The quantitative estimate of drug-likeness (QED) is 0.904. The zero-order valence-corrected chi connectivity index (χ0v) is 13.2. The zero-order valence-electron chi connectivity index (χ0n) is 12.4. The minimum atomic E-state index is 0.394. The third kappa shape index (κ3) is 3.87. The second kappa shape index (κ2) is 7.30. The molecule has 0 radical (unpaired) electrons. The molecule has 0 aliphatic heterocycles. The highest BCUT2D eigenvalue weighted by Crippen LogP contribution is 2.28. The summed E-state index contributed by atoms with van der Waals surface area (Å²) in [6.07, 6.45) is 4.65. The molecule has 2 rings (SSSR count). The molecule has 0 heterocycles. The Kier molecular flexibility index (Phi) is 5.70. The van der Waals surface area contributed by atoms with Crippen LogP contribution in [0.5, 0.6) is 5.75 Å². The van der Waals surface area contributed by atoms with Crippen molar-refractivity contribution in [1.29, 1.82) is 0 Å². The molecule has 0 aromatic heterocycles. The smallest absolute Gasteiger partial charge is 0.123 e. The number of hydrogen-bond acceptors (Lipinski definition) is 3. The summed E-state index contributed by atoms with van der Waals surface area (Å²) in [5.41, 5.74) is 7.16. The summed E-state index contributed by atoms with van der Waals surface area (Å²) in [5.74, 6) is 0.917. The first-order valence-corrected chi connectivity index (χ1v) is 7.83. The standard InChI is InChI=1S/C16H25ClN2O/c1-3-19(15-7-5-14(18)6-8-15)11-12-10-13(17)4-9-16(12)20-2/h4,9-10,14-15H,3,5-8,11,18H2,1-2H3. The van der Waals surface area contributed by atoms with Crippen molar-refractivity contribution < 1.29 is 4.74 Å². The third-order valence-corrected chi connectivity index (χ3v) is 4.51. The number of hydrogen-bond donors (Lipinski definition) is 1. The van der Waals surface area contributed by atoms with Crippen LogP contribution in [-0.2, 0) is 6.54 Å². The Labute approximate surface area is 127 Å². The van der Waals surface area contributed by atoms with Crippen molar-refractivity contribution in [3.63, 3.8) is 0 Å². The van der Waals surface area contributed by atoms with E-state index in [4.69, 9.17) is 22.1 Å². The van der Waals surface area contributed by atoms with E-state index in [9.17, 15) is 0 Å². The highest BCUT2D eigenvalue weighted by Gasteiger charge is 2.24. The van der Waals surface area contributed by atoms with Crippen molar-refractivity contribution in [3.05, 3.63) is 28.8 Å². The summed E-state index contributed by atoms with van der Waals surface area (Å²) in [7, 11) is 1.71. The van der Waals surface area contributed by atoms with Crippen LogP contribution in [0.2, 0.25) is 5.02 Å². The maximum atomic E-state index is 6.11. The maximum absolute atomic E-state index is 6.11. The molecule has 1 fully saturated rings. The topological polar surface area (TPSA) is 38.5 Å². The first-order chi connectivity index (χ1) is 9.63. The molecule has 1 saturated carbocycles. The molecule has 0 saturated heterocycles. The van der Waals surface area contributed by atoms with Crippen LogP contribution < -0.4 is 10.5 Å². The lowest BCUT2D eigenvalue weighted by molar-refractivity contribution is 0.148. The van der Waals surface area contributed by atoms with E-state index < -0.39 is 0 Å². The molecule has 4 heteroatoms. The fraction of sp³-hybridized carbons (Fsp3) is 0.625. The summed E-state index contributed by atoms with van der Waals surface area (Å²) in [6.45, 7) is 4.14. The van der Waals surface area contributed by atoms with Gasteiger partial charge in [-0.3, -0.25) is 4.90 Å². The fourth-order valence-corrected chi connectivity index (χ4v) is 3.25. The zero-order chi connectivity index (χ0) is 14.5. The van der Waals surface area contributed by atoms with Gasteiger partial charge in [0.15, 0.2) is 0 Å². The first-order valence-electron chi connectivity index (χ1n) is 7.46. The van der Waals surface area contributed by atoms with E-state index in [1.807, 2.05) is 18.2 Å². The van der Waals surface area contributed by atoms with Crippen LogP contribution in [0.25, 0.3) is 0 Å². The van der Waals surface area contributed by atoms with Gasteiger partial charge in [0.05, 0.1) is 7.11 Å². The molecule has 1 aromatic carbocycles. The van der Waals surface area contributed by atoms with E-state index in [1.165, 1.54) is 12.8 Å². The van der Waals surface area contributed by atoms with Crippen molar-refractivity contribution in [3.8, 4) is 5.75 Å². The average molecular weight is 297 g/mol. The van der Waals surface area contributed by atoms with E-state index in [0.717, 1.165) is 42.3 Å². The Balaban J connectivity index is 2.08. The van der Waals surface area contributed by atoms with Gasteiger partial charge in [-0.1, -0.05) is 18.5 Å². The van der Waals surface area contributed by atoms with Crippen LogP contribution in [0.4, 0.5) is 0 Å². The minimum absolute atomic E-state index is 0.394. The monoisotopic (exact) mass is 296 g/mol. The second-order valence-corrected chi connectivity index (χ2v) is 6.02. The minimum Gasteiger partial charge on any atom is -0.496 e. The van der Waals surface area contributed by atoms with Gasteiger partial charge in [0.1, 0.15) is 5.75 Å². The van der Waals surface area contributed by atoms with Crippen LogP contribution >= 0.6 is 11.6 Å². The molecule has 1 aliphatic carbocycles. The lowest BCUT2D eigenvalue weighted by Gasteiger charge is -2.35. The molecular weight excluding hydrogens is 272 g/mol. The number of halogens is 1. The predicted molar refractivity (Wildman–Crippen MR) is 84.3 cm³/mol. The number of nitrogens with two attached hydrogens (primary N) is 1. The lowest BCUT2D eigenvalue weighted by atomic mass is 9.90. The highest BCUT2D eigenvalue weighted by atomic mass is 35.5. The molecule has 0 unspecified atom stereocenters. The average Bonchev–Trinajstić information content (AvgIpc) is 2.46. The van der Waals surface area contributed by atoms with E-state index in [0.29, 0.717) is 12.1 Å². The molecule has 1 aliphatic rings. The number of ether oxygens (including phenoxy) is 1. The van der Waals surface area contributed by atoms with Gasteiger partial charge in [-0.25, -0.2) is 0 Å². The van der Waals surface area contributed by atoms with E-state index in [2.05, 4.69) is 11.8 Å². The molecular formula is C16H25ClN2O. The Morgan fingerprint density at radius 3 is 2.60 bits per heavy atom. The molecule has 0 spiro atoms. The number of methoxy groups -OCH3 is 1. The Morgan fingerprint density at radius 2 is 2.00 bits per heavy atom. The fourth-order valence-electron chi connectivity index (χ4n) is 3.06. The molecule has 2 N–H and O–H groups in total. The van der Waals surface area contributed by atoms with Crippen LogP contribution in [0.15, 0.2) is 18.2 Å². The highest BCUT2D eigenvalue weighted by molar-refractivity contribution is 6.30. The van der Waals surface area contributed by atoms with E-state index >= 15 is 0 Å². The summed E-state index contributed by atoms with van der Waals surface area (Å²) in [6, 6.07) is 6.86. The van der Waals surface area contributed by atoms with Gasteiger partial charge in [-0.15, -0.1) is 0 Å². The molecule has 1 aromatic rings. The van der Waals surface area contributed by atoms with Crippen LogP contribution in [0.1, 0.15) is 38.2 Å². The summed E-state index contributed by atoms with van der Waals surface area (Å²) < 4.78 is 5.44. The molecule has 3 nitrogen and oxygen atoms in total. The summed E-state index contributed by atoms with van der Waals surface area (Å²) in [5, 5.41) is 0.766. The second-order valence-electron chi connectivity index (χ2n) is 5.59. The third-order valence-electron chi connectivity index (χ3n) is 4.28. The molecule has 0 atom stereocenters. The predicted octanol–water partition coefficient (Wildman–Crippen LogP) is 3.44. The van der Waals surface area contributed by atoms with E-state index in [-0.39, 0.29) is 0 Å². The van der Waals surface area contributed by atoms with Gasteiger partial charge in [-0.05, 0) is 50.4 Å². The largest absolute Gasteiger partial charge is 0.496 e. The van der Waals surface area contributed by atoms with Gasteiger partial charge >= 0.3 is 0 Å². The SMILES string of the molecule is CCN(Cc1cc(Cl)ccc1OC)C1CCC(N)CC1. The van der Waals surface area contributed by atoms with Crippen molar-refractivity contribution in [2.45, 2.75) is 51.2 Å². The van der Waals surface area contributed by atoms with Gasteiger partial charge in [0.25, 0.3) is 0 Å². The Bertz CT molecular complexity index is 430.